The Morgan fingerprint density at radius 2 is 1.29 bits per heavy atom. The number of hydrogen-bond acceptors (Lipinski definition) is 2. The van der Waals surface area contributed by atoms with Crippen LogP contribution in [0.5, 0.6) is 0 Å². The number of ether oxygens (including phenoxy) is 1. The second-order valence-electron chi connectivity index (χ2n) is 5.19. The van der Waals surface area contributed by atoms with Gasteiger partial charge in [-0.15, -0.1) is 0 Å². The Kier molecular flexibility index (Phi) is 4.93. The van der Waals surface area contributed by atoms with E-state index < -0.39 is 52.0 Å². The Morgan fingerprint density at radius 1 is 0.875 bits per heavy atom. The number of carbonyl (C=O) groups excluding carboxylic acids is 1. The van der Waals surface area contributed by atoms with Crippen molar-refractivity contribution < 1.29 is 53.4 Å². The molecule has 1 aliphatic rings. The van der Waals surface area contributed by atoms with Crippen LogP contribution in [0.2, 0.25) is 0 Å². The fourth-order valence-electron chi connectivity index (χ4n) is 1.89. The summed E-state index contributed by atoms with van der Waals surface area (Å²) >= 11 is 1.12. The highest BCUT2D eigenvalue weighted by Crippen LogP contribution is 2.69. The van der Waals surface area contributed by atoms with Gasteiger partial charge in [-0.3, -0.25) is 4.79 Å². The Hall–Kier alpha value is -0.500. The van der Waals surface area contributed by atoms with Crippen molar-refractivity contribution >= 4 is 28.6 Å². The van der Waals surface area contributed by atoms with Gasteiger partial charge in [0.2, 0.25) is 5.67 Å². The molecule has 0 aromatic carbocycles. The summed E-state index contributed by atoms with van der Waals surface area (Å²) in [6, 6.07) is 0. The molecule has 24 heavy (non-hydrogen) atoms. The minimum Gasteiger partial charge on any atom is -0.416 e. The zero-order chi connectivity index (χ0) is 19.6. The number of carbonyl (C=O) groups is 1. The average molecular weight is 490 g/mol. The van der Waals surface area contributed by atoms with E-state index in [4.69, 9.17) is 0 Å². The van der Waals surface area contributed by atoms with Crippen molar-refractivity contribution in [1.82, 2.24) is 0 Å². The van der Waals surface area contributed by atoms with E-state index in [1.165, 1.54) is 6.92 Å². The van der Waals surface area contributed by atoms with Crippen LogP contribution >= 0.6 is 22.6 Å². The predicted octanol–water partition coefficient (Wildman–Crippen LogP) is 4.69. The van der Waals surface area contributed by atoms with Crippen LogP contribution in [-0.4, -0.2) is 45.1 Å². The van der Waals surface area contributed by atoms with Gasteiger partial charge in [0.15, 0.2) is 0 Å². The minimum atomic E-state index is -6.92. The summed E-state index contributed by atoms with van der Waals surface area (Å²) < 4.78 is 137. The number of alkyl halides is 11. The summed E-state index contributed by atoms with van der Waals surface area (Å²) in [4.78, 5) is 11.3. The van der Waals surface area contributed by atoms with Crippen LogP contribution in [0.15, 0.2) is 0 Å². The first-order valence-electron chi connectivity index (χ1n) is 6.12. The first kappa shape index (κ1) is 21.5. The van der Waals surface area contributed by atoms with Gasteiger partial charge in [-0.1, -0.05) is 29.5 Å². The molecular formula is C11H9F10IO2. The van der Waals surface area contributed by atoms with Gasteiger partial charge < -0.3 is 4.74 Å². The number of esters is 1. The highest BCUT2D eigenvalue weighted by atomic mass is 127. The van der Waals surface area contributed by atoms with E-state index in [0.717, 1.165) is 22.6 Å². The van der Waals surface area contributed by atoms with E-state index >= 15 is 0 Å². The molecule has 0 aliphatic heterocycles. The van der Waals surface area contributed by atoms with Gasteiger partial charge in [-0.05, 0) is 13.3 Å². The van der Waals surface area contributed by atoms with Crippen molar-refractivity contribution in [3.8, 4) is 0 Å². The molecule has 0 amide bonds. The second-order valence-corrected chi connectivity index (χ2v) is 6.70. The average Bonchev–Trinajstić information content (AvgIpc) is 2.43. The third-order valence-electron chi connectivity index (χ3n) is 3.63. The zero-order valence-electron chi connectivity index (χ0n) is 11.8. The SMILES string of the molecule is CCC(I)C(=O)OC1(F)C(F)(F)C(C)(F)C(F)(F)C(F)(F)C1(F)F. The van der Waals surface area contributed by atoms with Crippen LogP contribution in [0, 0.1) is 0 Å². The lowest BCUT2D eigenvalue weighted by Crippen LogP contribution is -2.84. The lowest BCUT2D eigenvalue weighted by molar-refractivity contribution is -0.495. The molecule has 3 unspecified atom stereocenters. The third-order valence-corrected chi connectivity index (χ3v) is 5.02. The predicted molar refractivity (Wildman–Crippen MR) is 67.3 cm³/mol. The molecule has 0 heterocycles. The normalized spacial score (nSPS) is 37.5. The zero-order valence-corrected chi connectivity index (χ0v) is 13.9. The minimum absolute atomic E-state index is 0.286. The van der Waals surface area contributed by atoms with Crippen molar-refractivity contribution in [2.45, 2.75) is 59.4 Å². The fourth-order valence-corrected chi connectivity index (χ4v) is 2.01. The molecule has 13 heteroatoms. The van der Waals surface area contributed by atoms with E-state index in [9.17, 15) is 48.7 Å². The van der Waals surface area contributed by atoms with E-state index in [-0.39, 0.29) is 6.42 Å². The molecule has 1 fully saturated rings. The molecule has 0 N–H and O–H groups in total. The van der Waals surface area contributed by atoms with Crippen molar-refractivity contribution in [3.05, 3.63) is 0 Å². The molecule has 2 nitrogen and oxygen atoms in total. The maximum Gasteiger partial charge on any atom is 0.391 e. The number of rotatable bonds is 3. The molecular weight excluding hydrogens is 481 g/mol. The molecule has 1 aliphatic carbocycles. The summed E-state index contributed by atoms with van der Waals surface area (Å²) in [5.74, 6) is -35.5. The maximum absolute atomic E-state index is 14.2. The summed E-state index contributed by atoms with van der Waals surface area (Å²) in [6.07, 6.45) is -0.286. The molecule has 0 aromatic rings. The van der Waals surface area contributed by atoms with E-state index in [2.05, 4.69) is 4.74 Å². The first-order valence-corrected chi connectivity index (χ1v) is 7.37. The van der Waals surface area contributed by atoms with Crippen LogP contribution < -0.4 is 0 Å². The van der Waals surface area contributed by atoms with Gasteiger partial charge in [0.05, 0.1) is 0 Å². The number of hydrogen-bond donors (Lipinski definition) is 0. The lowest BCUT2D eigenvalue weighted by atomic mass is 9.72. The Balaban J connectivity index is 3.66. The van der Waals surface area contributed by atoms with Crippen molar-refractivity contribution in [1.29, 1.82) is 0 Å². The van der Waals surface area contributed by atoms with Crippen molar-refractivity contribution in [2.75, 3.05) is 0 Å². The Bertz CT molecular complexity index is 503. The monoisotopic (exact) mass is 490 g/mol. The van der Waals surface area contributed by atoms with Gasteiger partial charge in [0.1, 0.15) is 3.92 Å². The van der Waals surface area contributed by atoms with Crippen LogP contribution in [0.3, 0.4) is 0 Å². The molecule has 0 radical (unpaired) electrons. The Labute approximate surface area is 142 Å². The van der Waals surface area contributed by atoms with Crippen molar-refractivity contribution in [3.63, 3.8) is 0 Å². The van der Waals surface area contributed by atoms with Gasteiger partial charge in [-0.2, -0.15) is 39.5 Å². The molecule has 0 saturated heterocycles. The van der Waals surface area contributed by atoms with Crippen LogP contribution in [0.4, 0.5) is 43.9 Å². The maximum atomic E-state index is 14.2. The summed E-state index contributed by atoms with van der Waals surface area (Å²) in [6.45, 7) is 0.322. The van der Waals surface area contributed by atoms with Gasteiger partial charge in [-0.25, -0.2) is 4.39 Å². The molecule has 0 spiro atoms. The quantitative estimate of drug-likeness (QED) is 0.249. The lowest BCUT2D eigenvalue weighted by Gasteiger charge is -2.53. The van der Waals surface area contributed by atoms with E-state index in [0.29, 0.717) is 0 Å². The standard InChI is InChI=1S/C11H9F10IO2/c1-3-4(22)5(23)24-11(21)8(15,16)6(2,12)7(13,14)9(17,18)10(11,19)20/h4H,3H2,1-2H3. The van der Waals surface area contributed by atoms with Crippen LogP contribution in [0.25, 0.3) is 0 Å². The fraction of sp³-hybridized carbons (Fsp3) is 0.909. The third kappa shape index (κ3) is 2.17. The molecule has 1 rings (SSSR count). The second kappa shape index (κ2) is 5.50. The summed E-state index contributed by atoms with van der Waals surface area (Å²) in [7, 11) is 0. The number of halogens is 11. The highest BCUT2D eigenvalue weighted by molar-refractivity contribution is 14.1. The molecule has 142 valence electrons. The largest absolute Gasteiger partial charge is 0.416 e. The van der Waals surface area contributed by atoms with Crippen LogP contribution in [-0.2, 0) is 9.53 Å². The molecule has 3 atom stereocenters. The molecule has 1 saturated carbocycles. The van der Waals surface area contributed by atoms with Gasteiger partial charge >= 0.3 is 35.5 Å². The Morgan fingerprint density at radius 3 is 1.67 bits per heavy atom. The summed E-state index contributed by atoms with van der Waals surface area (Å²) in [5, 5.41) is 0. The smallest absolute Gasteiger partial charge is 0.391 e. The topological polar surface area (TPSA) is 26.3 Å². The highest BCUT2D eigenvalue weighted by Gasteiger charge is 3.00. The molecule has 0 aromatic heterocycles. The van der Waals surface area contributed by atoms with E-state index in [1.807, 2.05) is 0 Å². The first-order chi connectivity index (χ1) is 10.4. The van der Waals surface area contributed by atoms with Gasteiger partial charge in [0, 0.05) is 0 Å². The summed E-state index contributed by atoms with van der Waals surface area (Å²) in [5.41, 5.74) is -5.78. The van der Waals surface area contributed by atoms with Crippen LogP contribution in [0.1, 0.15) is 20.3 Å². The van der Waals surface area contributed by atoms with E-state index in [1.54, 1.807) is 0 Å². The van der Waals surface area contributed by atoms with Crippen molar-refractivity contribution in [2.24, 2.45) is 0 Å². The van der Waals surface area contributed by atoms with Gasteiger partial charge in [0.25, 0.3) is 0 Å². The molecule has 0 bridgehead atoms.